The number of halogens is 2. The van der Waals surface area contributed by atoms with Crippen molar-refractivity contribution in [3.8, 4) is 0 Å². The molecule has 3 heterocycles. The SMILES string of the molecule is NC1=NC(N)(Cc2ccn(C(F)F)n2)N=C(c2ccc3cn[nH]c3c2)N1. The largest absolute Gasteiger partial charge is 0.370 e. The van der Waals surface area contributed by atoms with E-state index in [4.69, 9.17) is 11.5 Å². The molecule has 26 heavy (non-hydrogen) atoms. The first-order chi connectivity index (χ1) is 12.4. The van der Waals surface area contributed by atoms with Gasteiger partial charge in [0, 0.05) is 17.1 Å². The normalized spacial score (nSPS) is 20.2. The second kappa shape index (κ2) is 5.88. The van der Waals surface area contributed by atoms with Crippen LogP contribution in [0.2, 0.25) is 0 Å². The molecule has 1 aliphatic heterocycles. The van der Waals surface area contributed by atoms with E-state index in [1.807, 2.05) is 18.2 Å². The van der Waals surface area contributed by atoms with Crippen LogP contribution in [0.1, 0.15) is 17.8 Å². The topological polar surface area (TPSA) is 135 Å². The van der Waals surface area contributed by atoms with E-state index in [2.05, 4.69) is 30.6 Å². The number of aromatic nitrogens is 4. The third kappa shape index (κ3) is 2.99. The molecule has 0 aliphatic carbocycles. The molecule has 6 N–H and O–H groups in total. The fourth-order valence-corrected chi connectivity index (χ4v) is 2.75. The van der Waals surface area contributed by atoms with Gasteiger partial charge in [-0.25, -0.2) is 14.7 Å². The lowest BCUT2D eigenvalue weighted by Crippen LogP contribution is -2.51. The minimum Gasteiger partial charge on any atom is -0.370 e. The number of aromatic amines is 1. The minimum atomic E-state index is -2.72. The van der Waals surface area contributed by atoms with Crippen LogP contribution < -0.4 is 16.8 Å². The maximum atomic E-state index is 12.7. The highest BCUT2D eigenvalue weighted by Gasteiger charge is 2.30. The lowest BCUT2D eigenvalue weighted by Gasteiger charge is -2.27. The van der Waals surface area contributed by atoms with E-state index in [0.717, 1.165) is 16.5 Å². The molecule has 3 aromatic rings. The summed E-state index contributed by atoms with van der Waals surface area (Å²) in [5.41, 5.74) is 14.0. The van der Waals surface area contributed by atoms with Gasteiger partial charge in [0.2, 0.25) is 5.79 Å². The third-order valence-electron chi connectivity index (χ3n) is 3.89. The number of hydrogen-bond donors (Lipinski definition) is 4. The number of benzene rings is 1. The molecule has 0 spiro atoms. The molecular weight excluding hydrogens is 344 g/mol. The molecule has 0 bridgehead atoms. The summed E-state index contributed by atoms with van der Waals surface area (Å²) in [6.45, 7) is -2.72. The molecule has 0 amide bonds. The van der Waals surface area contributed by atoms with Gasteiger partial charge in [-0.1, -0.05) is 12.1 Å². The predicted octanol–water partition coefficient (Wildman–Crippen LogP) is 0.674. The summed E-state index contributed by atoms with van der Waals surface area (Å²) < 4.78 is 25.9. The Kier molecular flexibility index (Phi) is 3.65. The standard InChI is InChI=1S/C15H15F2N9/c16-13(17)26-4-3-10(25-26)6-15(19)22-12(21-14(18)23-15)8-1-2-9-7-20-24-11(9)5-8/h1-5,7,13H,6,19H2,(H,20,24)(H3,18,21,22,23). The van der Waals surface area contributed by atoms with E-state index in [9.17, 15) is 8.78 Å². The van der Waals surface area contributed by atoms with Crippen molar-refractivity contribution in [2.75, 3.05) is 0 Å². The van der Waals surface area contributed by atoms with Crippen molar-refractivity contribution >= 4 is 22.7 Å². The number of rotatable bonds is 4. The summed E-state index contributed by atoms with van der Waals surface area (Å²) >= 11 is 0. The number of H-pyrrole nitrogens is 1. The van der Waals surface area contributed by atoms with Crippen LogP contribution in [0.5, 0.6) is 0 Å². The van der Waals surface area contributed by atoms with Crippen molar-refractivity contribution in [3.05, 3.63) is 47.9 Å². The molecule has 9 nitrogen and oxygen atoms in total. The number of fused-ring (bicyclic) bond motifs is 1. The van der Waals surface area contributed by atoms with Gasteiger partial charge in [-0.2, -0.15) is 19.0 Å². The molecule has 11 heteroatoms. The molecule has 0 fully saturated rings. The number of amidine groups is 1. The van der Waals surface area contributed by atoms with Crippen molar-refractivity contribution in [1.82, 2.24) is 25.3 Å². The smallest absolute Gasteiger partial charge is 0.333 e. The Morgan fingerprint density at radius 3 is 2.85 bits per heavy atom. The number of alkyl halides is 2. The van der Waals surface area contributed by atoms with E-state index in [0.29, 0.717) is 16.2 Å². The van der Waals surface area contributed by atoms with Gasteiger partial charge in [0.1, 0.15) is 5.84 Å². The van der Waals surface area contributed by atoms with Gasteiger partial charge in [-0.05, 0) is 12.1 Å². The fourth-order valence-electron chi connectivity index (χ4n) is 2.75. The fraction of sp³-hybridized carbons (Fsp3) is 0.200. The molecule has 1 unspecified atom stereocenters. The van der Waals surface area contributed by atoms with E-state index in [-0.39, 0.29) is 12.4 Å². The van der Waals surface area contributed by atoms with E-state index in [1.54, 1.807) is 6.20 Å². The minimum absolute atomic E-state index is 0.0188. The van der Waals surface area contributed by atoms with Crippen LogP contribution in [0, 0.1) is 0 Å². The van der Waals surface area contributed by atoms with Gasteiger partial charge in [0.25, 0.3) is 0 Å². The van der Waals surface area contributed by atoms with Crippen molar-refractivity contribution in [2.45, 2.75) is 18.8 Å². The lowest BCUT2D eigenvalue weighted by molar-refractivity contribution is 0.0560. The van der Waals surface area contributed by atoms with Crippen LogP contribution in [0.25, 0.3) is 10.9 Å². The zero-order chi connectivity index (χ0) is 18.3. The van der Waals surface area contributed by atoms with Gasteiger partial charge in [0.05, 0.1) is 23.8 Å². The molecule has 1 aliphatic rings. The summed E-state index contributed by atoms with van der Waals surface area (Å²) in [5, 5.41) is 14.4. The molecule has 134 valence electrons. The Morgan fingerprint density at radius 2 is 2.08 bits per heavy atom. The van der Waals surface area contributed by atoms with Crippen molar-refractivity contribution < 1.29 is 8.78 Å². The summed E-state index contributed by atoms with van der Waals surface area (Å²) in [7, 11) is 0. The highest BCUT2D eigenvalue weighted by Crippen LogP contribution is 2.20. The average Bonchev–Trinajstić information content (AvgIpc) is 3.21. The van der Waals surface area contributed by atoms with Gasteiger partial charge in [-0.3, -0.25) is 10.8 Å². The number of nitrogens with two attached hydrogens (primary N) is 2. The number of aliphatic imine (C=N–C) groups is 2. The Balaban J connectivity index is 1.66. The van der Waals surface area contributed by atoms with Crippen molar-refractivity contribution in [3.63, 3.8) is 0 Å². The first-order valence-electron chi connectivity index (χ1n) is 7.69. The highest BCUT2D eigenvalue weighted by molar-refractivity contribution is 6.10. The van der Waals surface area contributed by atoms with Crippen molar-refractivity contribution in [2.24, 2.45) is 21.5 Å². The zero-order valence-corrected chi connectivity index (χ0v) is 13.4. The van der Waals surface area contributed by atoms with Crippen LogP contribution in [0.15, 0.2) is 46.6 Å². The van der Waals surface area contributed by atoms with Gasteiger partial charge >= 0.3 is 6.55 Å². The second-order valence-electron chi connectivity index (χ2n) is 5.87. The molecule has 0 saturated heterocycles. The Morgan fingerprint density at radius 1 is 1.23 bits per heavy atom. The number of hydrogen-bond acceptors (Lipinski definition) is 7. The van der Waals surface area contributed by atoms with Crippen LogP contribution in [0.3, 0.4) is 0 Å². The molecule has 0 radical (unpaired) electrons. The maximum absolute atomic E-state index is 12.7. The predicted molar refractivity (Wildman–Crippen MR) is 91.5 cm³/mol. The first kappa shape index (κ1) is 16.1. The molecule has 4 rings (SSSR count). The molecular formula is C15H15F2N9. The number of guanidine groups is 1. The quantitative estimate of drug-likeness (QED) is 0.543. The Labute approximate surface area is 145 Å². The summed E-state index contributed by atoms with van der Waals surface area (Å²) in [5.74, 6) is -0.949. The molecule has 2 aromatic heterocycles. The van der Waals surface area contributed by atoms with Crippen LogP contribution in [-0.2, 0) is 6.42 Å². The first-order valence-corrected chi connectivity index (χ1v) is 7.69. The van der Waals surface area contributed by atoms with Gasteiger partial charge in [-0.15, -0.1) is 0 Å². The highest BCUT2D eigenvalue weighted by atomic mass is 19.3. The summed E-state index contributed by atoms with van der Waals surface area (Å²) in [6, 6.07) is 7.01. The number of nitrogens with zero attached hydrogens (tertiary/aromatic N) is 5. The third-order valence-corrected chi connectivity index (χ3v) is 3.89. The van der Waals surface area contributed by atoms with Crippen molar-refractivity contribution in [1.29, 1.82) is 0 Å². The van der Waals surface area contributed by atoms with Crippen LogP contribution in [0.4, 0.5) is 8.78 Å². The molecule has 1 atom stereocenters. The van der Waals surface area contributed by atoms with Crippen LogP contribution in [-0.4, -0.2) is 37.6 Å². The van der Waals surface area contributed by atoms with Gasteiger partial charge < -0.3 is 11.1 Å². The Hall–Kier alpha value is -3.34. The zero-order valence-electron chi connectivity index (χ0n) is 13.4. The molecule has 1 aromatic carbocycles. The van der Waals surface area contributed by atoms with E-state index < -0.39 is 12.3 Å². The number of nitrogens with one attached hydrogen (secondary N) is 2. The lowest BCUT2D eigenvalue weighted by atomic mass is 10.1. The monoisotopic (exact) mass is 359 g/mol. The summed E-state index contributed by atoms with van der Waals surface area (Å²) in [4.78, 5) is 8.53. The Bertz CT molecular complexity index is 1020. The maximum Gasteiger partial charge on any atom is 0.333 e. The second-order valence-corrected chi connectivity index (χ2v) is 5.87. The van der Waals surface area contributed by atoms with E-state index >= 15 is 0 Å². The summed E-state index contributed by atoms with van der Waals surface area (Å²) in [6.07, 6.45) is 2.90. The molecule has 0 saturated carbocycles. The van der Waals surface area contributed by atoms with Crippen LogP contribution >= 0.6 is 0 Å². The average molecular weight is 359 g/mol. The van der Waals surface area contributed by atoms with E-state index in [1.165, 1.54) is 12.3 Å². The van der Waals surface area contributed by atoms with Gasteiger partial charge in [0.15, 0.2) is 5.96 Å².